The summed E-state index contributed by atoms with van der Waals surface area (Å²) in [4.78, 5) is 53.7. The molecule has 0 spiro atoms. The Hall–Kier alpha value is -3.78. The van der Waals surface area contributed by atoms with Crippen LogP contribution >= 0.6 is 15.9 Å². The van der Waals surface area contributed by atoms with E-state index >= 15 is 0 Å². The largest absolute Gasteiger partial charge is 0.452 e. The van der Waals surface area contributed by atoms with Gasteiger partial charge in [-0.2, -0.15) is 0 Å². The number of ether oxygens (including phenoxy) is 1. The van der Waals surface area contributed by atoms with Gasteiger partial charge >= 0.3 is 5.97 Å². The lowest BCUT2D eigenvalue weighted by Gasteiger charge is -2.28. The van der Waals surface area contributed by atoms with E-state index in [1.54, 1.807) is 24.3 Å². The molecular formula is C32H29BrN2O5. The molecule has 6 rings (SSSR count). The van der Waals surface area contributed by atoms with Crippen LogP contribution < -0.4 is 10.2 Å². The molecule has 0 aromatic heterocycles. The minimum absolute atomic E-state index is 0.143. The van der Waals surface area contributed by atoms with E-state index in [0.717, 1.165) is 29.3 Å². The van der Waals surface area contributed by atoms with E-state index in [-0.39, 0.29) is 47.0 Å². The van der Waals surface area contributed by atoms with E-state index in [9.17, 15) is 19.2 Å². The SMILES string of the molecule is CCc1cc(Br)ccc1NC(=O)COC(=O)c1cccc(N2C(=O)[C@@H]3[C@@H]4C[C@@H]([C@@H]3C2=O)[C@H](c2ccccc2)C4)c1. The third-order valence-corrected chi connectivity index (χ3v) is 9.13. The van der Waals surface area contributed by atoms with Crippen molar-refractivity contribution < 1.29 is 23.9 Å². The summed E-state index contributed by atoms with van der Waals surface area (Å²) in [6.45, 7) is 1.53. The molecule has 7 nitrogen and oxygen atoms in total. The average molecular weight is 601 g/mol. The predicted octanol–water partition coefficient (Wildman–Crippen LogP) is 5.74. The van der Waals surface area contributed by atoms with Gasteiger partial charge in [0.1, 0.15) is 0 Å². The topological polar surface area (TPSA) is 92.8 Å². The van der Waals surface area contributed by atoms with Crippen molar-refractivity contribution in [3.05, 3.63) is 94.0 Å². The number of amides is 3. The van der Waals surface area contributed by atoms with E-state index < -0.39 is 18.5 Å². The van der Waals surface area contributed by atoms with E-state index in [1.807, 2.05) is 37.3 Å². The normalized spacial score (nSPS) is 24.8. The number of carbonyl (C=O) groups is 4. The second-order valence-corrected chi connectivity index (χ2v) is 11.7. The van der Waals surface area contributed by atoms with Gasteiger partial charge < -0.3 is 10.1 Å². The predicted molar refractivity (Wildman–Crippen MR) is 154 cm³/mol. The van der Waals surface area contributed by atoms with Crippen LogP contribution in [0.15, 0.2) is 77.3 Å². The van der Waals surface area contributed by atoms with Crippen molar-refractivity contribution in [2.24, 2.45) is 23.7 Å². The van der Waals surface area contributed by atoms with Gasteiger partial charge in [-0.3, -0.25) is 19.3 Å². The lowest BCUT2D eigenvalue weighted by molar-refractivity contribution is -0.123. The molecule has 1 heterocycles. The van der Waals surface area contributed by atoms with Crippen LogP contribution in [0.25, 0.3) is 0 Å². The van der Waals surface area contributed by atoms with Gasteiger partial charge in [0.15, 0.2) is 6.61 Å². The molecule has 3 amide bonds. The number of anilines is 2. The standard InChI is InChI=1S/C32H29BrN2O5/c1-2-18-13-22(33)11-12-26(18)34-27(36)17-40-32(39)20-9-6-10-23(14-20)35-30(37)28-21-15-24(19-7-4-3-5-8-19)25(16-21)29(28)31(35)38/h3-14,21,24-25,28-29H,2,15-17H2,1H3,(H,34,36)/t21-,24-,25+,28+,29-/m0/s1. The summed E-state index contributed by atoms with van der Waals surface area (Å²) < 4.78 is 6.18. The van der Waals surface area contributed by atoms with Crippen LogP contribution in [-0.2, 0) is 25.5 Å². The maximum Gasteiger partial charge on any atom is 0.338 e. The van der Waals surface area contributed by atoms with Gasteiger partial charge in [0.25, 0.3) is 5.91 Å². The molecule has 0 radical (unpaired) electrons. The summed E-state index contributed by atoms with van der Waals surface area (Å²) >= 11 is 3.42. The smallest absolute Gasteiger partial charge is 0.338 e. The monoisotopic (exact) mass is 600 g/mol. The Morgan fingerprint density at radius 2 is 1.73 bits per heavy atom. The number of carbonyl (C=O) groups excluding carboxylic acids is 4. The summed E-state index contributed by atoms with van der Waals surface area (Å²) in [5, 5.41) is 2.78. The van der Waals surface area contributed by atoms with E-state index in [4.69, 9.17) is 4.74 Å². The summed E-state index contributed by atoms with van der Waals surface area (Å²) in [6, 6.07) is 22.1. The first-order valence-corrected chi connectivity index (χ1v) is 14.4. The number of benzene rings is 3. The van der Waals surface area contributed by atoms with E-state index in [1.165, 1.54) is 16.5 Å². The zero-order valence-electron chi connectivity index (χ0n) is 22.0. The molecule has 2 saturated carbocycles. The highest BCUT2D eigenvalue weighted by atomic mass is 79.9. The zero-order valence-corrected chi connectivity index (χ0v) is 23.6. The number of halogens is 1. The molecule has 40 heavy (non-hydrogen) atoms. The maximum absolute atomic E-state index is 13.6. The highest BCUT2D eigenvalue weighted by molar-refractivity contribution is 9.10. The van der Waals surface area contributed by atoms with Crippen molar-refractivity contribution in [2.75, 3.05) is 16.8 Å². The molecule has 5 atom stereocenters. The highest BCUT2D eigenvalue weighted by Crippen LogP contribution is 2.61. The third-order valence-electron chi connectivity index (χ3n) is 8.64. The Kier molecular flexibility index (Phi) is 7.04. The lowest BCUT2D eigenvalue weighted by atomic mass is 9.73. The fraction of sp³-hybridized carbons (Fsp3) is 0.312. The number of imide groups is 1. The Morgan fingerprint density at radius 1 is 0.950 bits per heavy atom. The number of nitrogens with one attached hydrogen (secondary N) is 1. The third kappa shape index (κ3) is 4.64. The molecule has 3 aromatic rings. The summed E-state index contributed by atoms with van der Waals surface area (Å²) in [6.07, 6.45) is 2.54. The first kappa shape index (κ1) is 26.4. The number of hydrogen-bond acceptors (Lipinski definition) is 5. The molecule has 3 aromatic carbocycles. The number of nitrogens with zero attached hydrogens (tertiary/aromatic N) is 1. The highest BCUT2D eigenvalue weighted by Gasteiger charge is 2.64. The number of fused-ring (bicyclic) bond motifs is 5. The second-order valence-electron chi connectivity index (χ2n) is 10.8. The number of rotatable bonds is 7. The van der Waals surface area contributed by atoms with Gasteiger partial charge in [0, 0.05) is 10.2 Å². The molecule has 0 unspecified atom stereocenters. The summed E-state index contributed by atoms with van der Waals surface area (Å²) in [5.74, 6) is -1.55. The molecule has 1 N–H and O–H groups in total. The molecular weight excluding hydrogens is 572 g/mol. The van der Waals surface area contributed by atoms with Crippen LogP contribution in [0.4, 0.5) is 11.4 Å². The van der Waals surface area contributed by atoms with Crippen molar-refractivity contribution >= 4 is 51.0 Å². The summed E-state index contributed by atoms with van der Waals surface area (Å²) in [5.41, 5.74) is 3.38. The second kappa shape index (κ2) is 10.7. The van der Waals surface area contributed by atoms with Gasteiger partial charge in [-0.1, -0.05) is 59.3 Å². The van der Waals surface area contributed by atoms with Crippen LogP contribution in [0.1, 0.15) is 47.2 Å². The van der Waals surface area contributed by atoms with Gasteiger partial charge in [-0.05, 0) is 84.5 Å². The number of esters is 1. The number of aryl methyl sites for hydroxylation is 1. The van der Waals surface area contributed by atoms with Gasteiger partial charge in [0.2, 0.25) is 11.8 Å². The molecule has 8 heteroatoms. The Bertz CT molecular complexity index is 1510. The lowest BCUT2D eigenvalue weighted by Crippen LogP contribution is -2.33. The van der Waals surface area contributed by atoms with Crippen LogP contribution in [0.5, 0.6) is 0 Å². The van der Waals surface area contributed by atoms with Crippen LogP contribution in [0.2, 0.25) is 0 Å². The average Bonchev–Trinajstić information content (AvgIpc) is 3.64. The van der Waals surface area contributed by atoms with Crippen molar-refractivity contribution in [3.8, 4) is 0 Å². The zero-order chi connectivity index (χ0) is 28.0. The van der Waals surface area contributed by atoms with Crippen molar-refractivity contribution in [2.45, 2.75) is 32.1 Å². The van der Waals surface area contributed by atoms with Gasteiger partial charge in [-0.25, -0.2) is 4.79 Å². The van der Waals surface area contributed by atoms with E-state index in [0.29, 0.717) is 11.4 Å². The Labute approximate surface area is 241 Å². The van der Waals surface area contributed by atoms with E-state index in [2.05, 4.69) is 33.4 Å². The molecule has 1 saturated heterocycles. The molecule has 3 aliphatic rings. The van der Waals surface area contributed by atoms with Crippen LogP contribution in [0, 0.1) is 23.7 Å². The number of hydrogen-bond donors (Lipinski definition) is 1. The molecule has 204 valence electrons. The quantitative estimate of drug-likeness (QED) is 0.276. The minimum atomic E-state index is -0.702. The van der Waals surface area contributed by atoms with Crippen molar-refractivity contribution in [1.82, 2.24) is 0 Å². The van der Waals surface area contributed by atoms with Gasteiger partial charge in [0.05, 0.1) is 23.1 Å². The molecule has 3 fully saturated rings. The van der Waals surface area contributed by atoms with Crippen molar-refractivity contribution in [1.29, 1.82) is 0 Å². The maximum atomic E-state index is 13.6. The molecule has 1 aliphatic heterocycles. The Balaban J connectivity index is 1.13. The summed E-state index contributed by atoms with van der Waals surface area (Å²) in [7, 11) is 0. The first-order chi connectivity index (χ1) is 19.4. The van der Waals surface area contributed by atoms with Crippen molar-refractivity contribution in [3.63, 3.8) is 0 Å². The van der Waals surface area contributed by atoms with Crippen LogP contribution in [-0.4, -0.2) is 30.3 Å². The van der Waals surface area contributed by atoms with Crippen LogP contribution in [0.3, 0.4) is 0 Å². The molecule has 2 bridgehead atoms. The fourth-order valence-electron chi connectivity index (χ4n) is 6.95. The Morgan fingerprint density at radius 3 is 2.50 bits per heavy atom. The molecule has 2 aliphatic carbocycles. The van der Waals surface area contributed by atoms with Gasteiger partial charge in [-0.15, -0.1) is 0 Å². The minimum Gasteiger partial charge on any atom is -0.452 e. The first-order valence-electron chi connectivity index (χ1n) is 13.6. The fourth-order valence-corrected chi connectivity index (χ4v) is 7.36.